The molecule has 0 heterocycles. The lowest BCUT2D eigenvalue weighted by Crippen LogP contribution is -2.42. The zero-order valence-corrected chi connectivity index (χ0v) is 15.4. The van der Waals surface area contributed by atoms with E-state index in [0.717, 1.165) is 24.0 Å². The van der Waals surface area contributed by atoms with E-state index in [1.807, 2.05) is 12.1 Å². The first-order valence-corrected chi connectivity index (χ1v) is 9.90. The molecule has 1 saturated carbocycles. The van der Waals surface area contributed by atoms with Gasteiger partial charge < -0.3 is 4.79 Å². The van der Waals surface area contributed by atoms with Crippen LogP contribution in [0.1, 0.15) is 63.0 Å². The van der Waals surface area contributed by atoms with Gasteiger partial charge in [-0.3, -0.25) is 0 Å². The van der Waals surface area contributed by atoms with Crippen molar-refractivity contribution >= 4 is 6.29 Å². The van der Waals surface area contributed by atoms with Crippen molar-refractivity contribution in [2.24, 2.45) is 11.8 Å². The smallest absolute Gasteiger partial charge is 0.135 e. The molecule has 0 radical (unpaired) electrons. The van der Waals surface area contributed by atoms with E-state index < -0.39 is 5.41 Å². The molecule has 0 aliphatic heterocycles. The summed E-state index contributed by atoms with van der Waals surface area (Å²) in [5.74, 6) is 1.01. The first-order valence-electron chi connectivity index (χ1n) is 9.90. The van der Waals surface area contributed by atoms with Gasteiger partial charge >= 0.3 is 0 Å². The number of carbonyl (C=O) groups is 1. The van der Waals surface area contributed by atoms with E-state index in [4.69, 9.17) is 0 Å². The Hall–Kier alpha value is -1.89. The average molecular weight is 335 g/mol. The van der Waals surface area contributed by atoms with E-state index in [0.29, 0.717) is 11.8 Å². The topological polar surface area (TPSA) is 17.1 Å². The minimum absolute atomic E-state index is 0.375. The van der Waals surface area contributed by atoms with E-state index in [9.17, 15) is 4.79 Å². The minimum atomic E-state index is -0.527. The highest BCUT2D eigenvalue weighted by atomic mass is 16.1. The average Bonchev–Trinajstić information content (AvgIpc) is 2.70. The van der Waals surface area contributed by atoms with Crippen molar-refractivity contribution < 1.29 is 4.79 Å². The summed E-state index contributed by atoms with van der Waals surface area (Å²) in [6.45, 7) is 2.25. The lowest BCUT2D eigenvalue weighted by molar-refractivity contribution is -0.114. The van der Waals surface area contributed by atoms with Crippen LogP contribution in [0.5, 0.6) is 0 Å². The fourth-order valence-corrected chi connectivity index (χ4v) is 4.93. The normalized spacial score (nSPS) is 17.2. The molecule has 1 heteroatoms. The molecule has 0 amide bonds. The maximum absolute atomic E-state index is 12.8. The monoisotopic (exact) mass is 334 g/mol. The predicted molar refractivity (Wildman–Crippen MR) is 105 cm³/mol. The number of hydrogen-bond acceptors (Lipinski definition) is 1. The molecule has 1 aliphatic rings. The van der Waals surface area contributed by atoms with Crippen LogP contribution in [-0.2, 0) is 10.2 Å². The molecule has 1 atom stereocenters. The van der Waals surface area contributed by atoms with Crippen LogP contribution in [0.25, 0.3) is 0 Å². The Morgan fingerprint density at radius 1 is 0.920 bits per heavy atom. The number of hydrogen-bond donors (Lipinski definition) is 0. The summed E-state index contributed by atoms with van der Waals surface area (Å²) < 4.78 is 0. The van der Waals surface area contributed by atoms with Gasteiger partial charge in [-0.2, -0.15) is 0 Å². The van der Waals surface area contributed by atoms with Crippen LogP contribution in [0.15, 0.2) is 60.7 Å². The molecule has 1 aliphatic carbocycles. The summed E-state index contributed by atoms with van der Waals surface area (Å²) >= 11 is 0. The maximum Gasteiger partial charge on any atom is 0.135 e. The maximum atomic E-state index is 12.8. The molecule has 0 N–H and O–H groups in total. The van der Waals surface area contributed by atoms with Gasteiger partial charge in [-0.25, -0.2) is 0 Å². The van der Waals surface area contributed by atoms with Crippen LogP contribution < -0.4 is 0 Å². The van der Waals surface area contributed by atoms with Crippen LogP contribution in [0, 0.1) is 11.8 Å². The van der Waals surface area contributed by atoms with E-state index in [-0.39, 0.29) is 0 Å². The summed E-state index contributed by atoms with van der Waals surface area (Å²) in [7, 11) is 0. The second-order valence-corrected chi connectivity index (χ2v) is 7.51. The lowest BCUT2D eigenvalue weighted by atomic mass is 9.59. The highest BCUT2D eigenvalue weighted by Gasteiger charge is 2.45. The fourth-order valence-electron chi connectivity index (χ4n) is 4.93. The molecule has 2 aromatic carbocycles. The molecule has 25 heavy (non-hydrogen) atoms. The summed E-state index contributed by atoms with van der Waals surface area (Å²) in [6, 6.07) is 20.9. The van der Waals surface area contributed by atoms with Crippen molar-refractivity contribution in [1.82, 2.24) is 0 Å². The molecule has 1 fully saturated rings. The van der Waals surface area contributed by atoms with Crippen molar-refractivity contribution in [3.05, 3.63) is 71.8 Å². The fraction of sp³-hybridized carbons (Fsp3) is 0.458. The van der Waals surface area contributed by atoms with Crippen molar-refractivity contribution in [2.45, 2.75) is 57.3 Å². The highest BCUT2D eigenvalue weighted by molar-refractivity contribution is 5.76. The van der Waals surface area contributed by atoms with Crippen LogP contribution in [0.2, 0.25) is 0 Å². The Bertz CT molecular complexity index is 601. The zero-order valence-electron chi connectivity index (χ0n) is 15.4. The van der Waals surface area contributed by atoms with Gasteiger partial charge in [0.1, 0.15) is 6.29 Å². The Morgan fingerprint density at radius 3 is 1.88 bits per heavy atom. The van der Waals surface area contributed by atoms with Gasteiger partial charge in [0.15, 0.2) is 0 Å². The second kappa shape index (κ2) is 8.47. The zero-order chi connectivity index (χ0) is 17.5. The summed E-state index contributed by atoms with van der Waals surface area (Å²) in [5, 5.41) is 0. The Kier molecular flexibility index (Phi) is 6.07. The molecule has 1 unspecified atom stereocenters. The molecule has 1 nitrogen and oxygen atoms in total. The van der Waals surface area contributed by atoms with Crippen LogP contribution in [0.4, 0.5) is 0 Å². The largest absolute Gasteiger partial charge is 0.302 e. The molecular weight excluding hydrogens is 304 g/mol. The van der Waals surface area contributed by atoms with Gasteiger partial charge in [-0.05, 0) is 29.4 Å². The highest BCUT2D eigenvalue weighted by Crippen LogP contribution is 2.47. The van der Waals surface area contributed by atoms with Crippen molar-refractivity contribution in [1.29, 1.82) is 0 Å². The lowest BCUT2D eigenvalue weighted by Gasteiger charge is -2.43. The van der Waals surface area contributed by atoms with Gasteiger partial charge in [0, 0.05) is 0 Å². The van der Waals surface area contributed by atoms with Crippen molar-refractivity contribution in [3.63, 3.8) is 0 Å². The van der Waals surface area contributed by atoms with Gasteiger partial charge in [0.2, 0.25) is 0 Å². The summed E-state index contributed by atoms with van der Waals surface area (Å²) in [4.78, 5) is 12.8. The molecule has 132 valence electrons. The van der Waals surface area contributed by atoms with E-state index >= 15 is 0 Å². The summed E-state index contributed by atoms with van der Waals surface area (Å²) in [6.07, 6.45) is 9.98. The summed E-state index contributed by atoms with van der Waals surface area (Å²) in [5.41, 5.74) is 1.78. The third-order valence-electron chi connectivity index (χ3n) is 6.09. The molecule has 0 bridgehead atoms. The minimum Gasteiger partial charge on any atom is -0.302 e. The van der Waals surface area contributed by atoms with Crippen LogP contribution in [0.3, 0.4) is 0 Å². The SMILES string of the molecule is CCCC(C1CCCCC1)C(C=O)(c1ccccc1)c1ccccc1. The first kappa shape index (κ1) is 17.9. The molecule has 0 spiro atoms. The van der Waals surface area contributed by atoms with Gasteiger partial charge in [0.05, 0.1) is 5.41 Å². The van der Waals surface area contributed by atoms with Crippen LogP contribution >= 0.6 is 0 Å². The Morgan fingerprint density at radius 2 is 1.44 bits per heavy atom. The quantitative estimate of drug-likeness (QED) is 0.553. The second-order valence-electron chi connectivity index (χ2n) is 7.51. The van der Waals surface area contributed by atoms with Crippen molar-refractivity contribution in [3.8, 4) is 0 Å². The number of aldehydes is 1. The number of carbonyl (C=O) groups excluding carboxylic acids is 1. The van der Waals surface area contributed by atoms with Gasteiger partial charge in [-0.1, -0.05) is 106 Å². The molecular formula is C24H30O. The van der Waals surface area contributed by atoms with E-state index in [1.165, 1.54) is 38.4 Å². The van der Waals surface area contributed by atoms with Gasteiger partial charge in [-0.15, -0.1) is 0 Å². The third kappa shape index (κ3) is 3.56. The van der Waals surface area contributed by atoms with E-state index in [1.54, 1.807) is 0 Å². The molecule has 0 saturated heterocycles. The predicted octanol–water partition coefficient (Wildman–Crippen LogP) is 6.17. The molecule has 0 aromatic heterocycles. The van der Waals surface area contributed by atoms with Crippen LogP contribution in [-0.4, -0.2) is 6.29 Å². The van der Waals surface area contributed by atoms with Gasteiger partial charge in [0.25, 0.3) is 0 Å². The standard InChI is InChI=1S/C24H30O/c1-2-12-23(20-13-6-3-7-14-20)24(19-25,21-15-8-4-9-16-21)22-17-10-5-11-18-22/h4-5,8-11,15-20,23H,2-3,6-7,12-14H2,1H3. The Balaban J connectivity index is 2.15. The van der Waals surface area contributed by atoms with E-state index in [2.05, 4.69) is 55.5 Å². The third-order valence-corrected chi connectivity index (χ3v) is 6.09. The molecule has 2 aromatic rings. The molecule has 3 rings (SSSR count). The van der Waals surface area contributed by atoms with Crippen molar-refractivity contribution in [2.75, 3.05) is 0 Å². The number of rotatable bonds is 7. The Labute approximate surface area is 152 Å². The first-order chi connectivity index (χ1) is 12.3. The number of benzene rings is 2.